The molecule has 0 fully saturated rings. The van der Waals surface area contributed by atoms with E-state index in [1.807, 2.05) is 22.7 Å². The highest BCUT2D eigenvalue weighted by Crippen LogP contribution is 2.29. The Hall–Kier alpha value is -3.35. The maximum atomic E-state index is 12.3. The molecule has 0 aliphatic heterocycles. The Morgan fingerprint density at radius 3 is 2.50 bits per heavy atom. The van der Waals surface area contributed by atoms with Crippen LogP contribution in [0.2, 0.25) is 0 Å². The summed E-state index contributed by atoms with van der Waals surface area (Å²) in [6, 6.07) is 12.8. The maximum Gasteiger partial charge on any atom is 0.573 e. The van der Waals surface area contributed by atoms with Crippen molar-refractivity contribution in [2.24, 2.45) is 0 Å². The molecule has 0 aliphatic carbocycles. The first-order chi connectivity index (χ1) is 12.4. The molecule has 0 spiro atoms. The van der Waals surface area contributed by atoms with E-state index in [2.05, 4.69) is 9.72 Å². The van der Waals surface area contributed by atoms with Gasteiger partial charge in [-0.2, -0.15) is 0 Å². The van der Waals surface area contributed by atoms with Crippen molar-refractivity contribution in [2.75, 3.05) is 0 Å². The molecule has 7 heteroatoms. The number of hydrogen-bond acceptors (Lipinski definition) is 3. The number of aldehydes is 1. The highest BCUT2D eigenvalue weighted by atomic mass is 19.4. The van der Waals surface area contributed by atoms with Crippen LogP contribution in [0, 0.1) is 0 Å². The van der Waals surface area contributed by atoms with Crippen LogP contribution in [0.5, 0.6) is 5.75 Å². The number of rotatable bonds is 3. The lowest BCUT2D eigenvalue weighted by molar-refractivity contribution is -0.274. The van der Waals surface area contributed by atoms with E-state index in [1.54, 1.807) is 30.5 Å². The highest BCUT2D eigenvalue weighted by molar-refractivity contribution is 5.97. The van der Waals surface area contributed by atoms with Crippen molar-refractivity contribution < 1.29 is 22.7 Å². The number of ether oxygens (including phenoxy) is 1. The number of benzene rings is 2. The molecule has 0 unspecified atom stereocenters. The molecule has 26 heavy (non-hydrogen) atoms. The van der Waals surface area contributed by atoms with Crippen molar-refractivity contribution in [3.05, 3.63) is 66.5 Å². The number of fused-ring (bicyclic) bond motifs is 3. The summed E-state index contributed by atoms with van der Waals surface area (Å²) in [5.74, 6) is -0.276. The van der Waals surface area contributed by atoms with Crippen molar-refractivity contribution >= 4 is 22.7 Å². The second-order valence-corrected chi connectivity index (χ2v) is 5.69. The monoisotopic (exact) mass is 356 g/mol. The number of pyridine rings is 1. The molecule has 0 aliphatic rings. The molecule has 0 saturated heterocycles. The van der Waals surface area contributed by atoms with Gasteiger partial charge in [0.05, 0.1) is 11.9 Å². The maximum absolute atomic E-state index is 12.3. The predicted octanol–water partition coefficient (Wildman–Crippen LogP) is 4.87. The van der Waals surface area contributed by atoms with Crippen molar-refractivity contribution in [2.45, 2.75) is 6.36 Å². The molecule has 0 bridgehead atoms. The third-order valence-corrected chi connectivity index (χ3v) is 4.04. The minimum absolute atomic E-state index is 0.276. The van der Waals surface area contributed by atoms with Crippen LogP contribution in [0.3, 0.4) is 0 Å². The largest absolute Gasteiger partial charge is 0.573 e. The molecule has 0 saturated carbocycles. The molecule has 0 atom stereocenters. The summed E-state index contributed by atoms with van der Waals surface area (Å²) in [5, 5.41) is 1.76. The predicted molar refractivity (Wildman–Crippen MR) is 90.2 cm³/mol. The Bertz CT molecular complexity index is 1120. The lowest BCUT2D eigenvalue weighted by Gasteiger charge is -2.09. The minimum Gasteiger partial charge on any atom is -0.406 e. The van der Waals surface area contributed by atoms with E-state index in [0.29, 0.717) is 16.8 Å². The van der Waals surface area contributed by atoms with Gasteiger partial charge in [0.1, 0.15) is 17.7 Å². The zero-order valence-corrected chi connectivity index (χ0v) is 13.2. The normalized spacial score (nSPS) is 11.8. The van der Waals surface area contributed by atoms with Crippen LogP contribution in [-0.2, 0) is 0 Å². The van der Waals surface area contributed by atoms with Gasteiger partial charge < -0.3 is 4.74 Å². The van der Waals surface area contributed by atoms with Crippen molar-refractivity contribution in [1.29, 1.82) is 0 Å². The molecule has 130 valence electrons. The topological polar surface area (TPSA) is 43.6 Å². The number of hydrogen-bond donors (Lipinski definition) is 0. The molecular formula is C19H11F3N2O2. The van der Waals surface area contributed by atoms with Gasteiger partial charge in [-0.1, -0.05) is 6.07 Å². The van der Waals surface area contributed by atoms with Gasteiger partial charge in [-0.3, -0.25) is 9.20 Å². The van der Waals surface area contributed by atoms with Crippen molar-refractivity contribution in [3.8, 4) is 17.0 Å². The number of alkyl halides is 3. The minimum atomic E-state index is -4.72. The van der Waals surface area contributed by atoms with Crippen molar-refractivity contribution in [1.82, 2.24) is 9.38 Å². The molecule has 4 aromatic rings. The van der Waals surface area contributed by atoms with Gasteiger partial charge in [0.2, 0.25) is 0 Å². The molecule has 0 N–H and O–H groups in total. The van der Waals surface area contributed by atoms with Crippen molar-refractivity contribution in [3.63, 3.8) is 0 Å². The Balaban J connectivity index is 1.77. The third-order valence-electron chi connectivity index (χ3n) is 4.04. The van der Waals surface area contributed by atoms with Crippen LogP contribution in [0.1, 0.15) is 10.4 Å². The Kier molecular flexibility index (Phi) is 3.64. The Labute approximate surface area is 145 Å². The van der Waals surface area contributed by atoms with E-state index < -0.39 is 6.36 Å². The quantitative estimate of drug-likeness (QED) is 0.492. The summed E-state index contributed by atoms with van der Waals surface area (Å²) in [7, 11) is 0. The smallest absolute Gasteiger partial charge is 0.406 e. The number of imidazole rings is 1. The zero-order valence-electron chi connectivity index (χ0n) is 13.2. The average molecular weight is 356 g/mol. The van der Waals surface area contributed by atoms with Crippen LogP contribution in [0.25, 0.3) is 27.7 Å². The highest BCUT2D eigenvalue weighted by Gasteiger charge is 2.31. The molecule has 0 radical (unpaired) electrons. The third kappa shape index (κ3) is 2.88. The molecular weight excluding hydrogens is 345 g/mol. The van der Waals surface area contributed by atoms with E-state index in [1.165, 1.54) is 12.1 Å². The van der Waals surface area contributed by atoms with Gasteiger partial charge in [-0.15, -0.1) is 13.2 Å². The van der Waals surface area contributed by atoms with Crippen LogP contribution in [0.4, 0.5) is 13.2 Å². The standard InChI is InChI=1S/C19H11F3N2O2/c20-19(21,22)26-15-4-2-13(3-5-15)17-10-23-18-16-6-1-12(11-25)9-14(16)7-8-24(17)18/h1-11H. The lowest BCUT2D eigenvalue weighted by atomic mass is 10.1. The van der Waals surface area contributed by atoms with Crippen LogP contribution in [-0.4, -0.2) is 22.0 Å². The first kappa shape index (κ1) is 16.1. The van der Waals surface area contributed by atoms with Gasteiger partial charge in [-0.05, 0) is 47.9 Å². The SMILES string of the molecule is O=Cc1ccc2c(ccn3c(-c4ccc(OC(F)(F)F)cc4)cnc23)c1. The molecule has 2 heterocycles. The number of carbonyl (C=O) groups excluding carboxylic acids is 1. The molecule has 4 rings (SSSR count). The van der Waals surface area contributed by atoms with E-state index in [9.17, 15) is 18.0 Å². The number of aromatic nitrogens is 2. The number of carbonyl (C=O) groups is 1. The summed E-state index contributed by atoms with van der Waals surface area (Å²) in [6.07, 6.45) is -0.466. The number of halogens is 3. The summed E-state index contributed by atoms with van der Waals surface area (Å²) in [4.78, 5) is 15.3. The summed E-state index contributed by atoms with van der Waals surface area (Å²) >= 11 is 0. The fraction of sp³-hybridized carbons (Fsp3) is 0.0526. The summed E-state index contributed by atoms with van der Waals surface area (Å²) in [5.41, 5.74) is 2.72. The van der Waals surface area contributed by atoms with E-state index >= 15 is 0 Å². The second-order valence-electron chi connectivity index (χ2n) is 5.69. The molecule has 0 amide bonds. The zero-order chi connectivity index (χ0) is 18.3. The molecule has 2 aromatic carbocycles. The molecule has 4 nitrogen and oxygen atoms in total. The van der Waals surface area contributed by atoms with Crippen LogP contribution >= 0.6 is 0 Å². The fourth-order valence-corrected chi connectivity index (χ4v) is 2.90. The fourth-order valence-electron chi connectivity index (χ4n) is 2.90. The van der Waals surface area contributed by atoms with Crippen LogP contribution in [0.15, 0.2) is 60.9 Å². The van der Waals surface area contributed by atoms with E-state index in [4.69, 9.17) is 0 Å². The first-order valence-corrected chi connectivity index (χ1v) is 7.66. The van der Waals surface area contributed by atoms with Crippen LogP contribution < -0.4 is 4.74 Å². The van der Waals surface area contributed by atoms with Gasteiger partial charge in [-0.25, -0.2) is 4.98 Å². The van der Waals surface area contributed by atoms with E-state index in [-0.39, 0.29) is 5.75 Å². The lowest BCUT2D eigenvalue weighted by Crippen LogP contribution is -2.16. The summed E-state index contributed by atoms with van der Waals surface area (Å²) in [6.45, 7) is 0. The van der Waals surface area contributed by atoms with Gasteiger partial charge >= 0.3 is 6.36 Å². The Morgan fingerprint density at radius 1 is 1.04 bits per heavy atom. The number of nitrogens with zero attached hydrogens (tertiary/aromatic N) is 2. The molecule has 2 aromatic heterocycles. The summed E-state index contributed by atoms with van der Waals surface area (Å²) < 4.78 is 42.5. The van der Waals surface area contributed by atoms with Gasteiger partial charge in [0.15, 0.2) is 0 Å². The van der Waals surface area contributed by atoms with E-state index in [0.717, 1.165) is 22.8 Å². The first-order valence-electron chi connectivity index (χ1n) is 7.66. The second kappa shape index (κ2) is 5.87. The van der Waals surface area contributed by atoms with Gasteiger partial charge in [0, 0.05) is 22.7 Å². The van der Waals surface area contributed by atoms with Gasteiger partial charge in [0.25, 0.3) is 0 Å². The Morgan fingerprint density at radius 2 is 1.81 bits per heavy atom. The average Bonchev–Trinajstić information content (AvgIpc) is 3.05.